The summed E-state index contributed by atoms with van der Waals surface area (Å²) >= 11 is 0. The fraction of sp³-hybridized carbons (Fsp3) is 0.182. The molecular formula is C11H9N5O6. The Morgan fingerprint density at radius 3 is 2.32 bits per heavy atom. The average Bonchev–Trinajstić information content (AvgIpc) is 2.95. The van der Waals surface area contributed by atoms with E-state index in [9.17, 15) is 25.0 Å². The van der Waals surface area contributed by atoms with Gasteiger partial charge < -0.3 is 4.74 Å². The normalized spacial score (nSPS) is 10.2. The molecule has 1 aromatic carbocycles. The summed E-state index contributed by atoms with van der Waals surface area (Å²) < 4.78 is 4.75. The van der Waals surface area contributed by atoms with E-state index in [1.807, 2.05) is 0 Å². The second-order valence-corrected chi connectivity index (χ2v) is 3.93. The van der Waals surface area contributed by atoms with E-state index in [1.54, 1.807) is 6.92 Å². The summed E-state index contributed by atoms with van der Waals surface area (Å²) in [6, 6.07) is 3.32. The zero-order valence-electron chi connectivity index (χ0n) is 11.2. The number of hydrogen-bond donors (Lipinski definition) is 1. The standard InChI is InChI=1S/C11H9N5O6/c1-2-22-11(17)10-9(12-14-13-10)8-6(15(18)19)4-3-5-7(8)16(20)21/h3-5H,2H2,1H3,(H,12,13,14). The highest BCUT2D eigenvalue weighted by Crippen LogP contribution is 2.37. The Morgan fingerprint density at radius 2 is 1.82 bits per heavy atom. The van der Waals surface area contributed by atoms with Crippen molar-refractivity contribution in [2.75, 3.05) is 6.61 Å². The van der Waals surface area contributed by atoms with Gasteiger partial charge in [-0.2, -0.15) is 10.3 Å². The first kappa shape index (κ1) is 15.0. The first-order chi connectivity index (χ1) is 10.5. The van der Waals surface area contributed by atoms with Gasteiger partial charge in [0.05, 0.1) is 16.5 Å². The van der Waals surface area contributed by atoms with E-state index >= 15 is 0 Å². The minimum atomic E-state index is -0.890. The second-order valence-electron chi connectivity index (χ2n) is 3.93. The van der Waals surface area contributed by atoms with Crippen LogP contribution in [-0.2, 0) is 4.74 Å². The van der Waals surface area contributed by atoms with Crippen molar-refractivity contribution in [1.82, 2.24) is 15.4 Å². The molecule has 0 fully saturated rings. The number of H-pyrrole nitrogens is 1. The third kappa shape index (κ3) is 2.59. The maximum absolute atomic E-state index is 11.8. The van der Waals surface area contributed by atoms with Gasteiger partial charge in [0.25, 0.3) is 11.4 Å². The van der Waals surface area contributed by atoms with Gasteiger partial charge in [-0.15, -0.1) is 5.10 Å². The Labute approximate surface area is 122 Å². The smallest absolute Gasteiger partial charge is 0.361 e. The van der Waals surface area contributed by atoms with Crippen molar-refractivity contribution in [3.63, 3.8) is 0 Å². The van der Waals surface area contributed by atoms with Gasteiger partial charge in [0.1, 0.15) is 5.69 Å². The molecule has 0 radical (unpaired) electrons. The molecule has 1 aromatic heterocycles. The highest BCUT2D eigenvalue weighted by Gasteiger charge is 2.32. The monoisotopic (exact) mass is 307 g/mol. The third-order valence-electron chi connectivity index (χ3n) is 2.67. The SMILES string of the molecule is CCOC(=O)c1n[nH]nc1-c1c([N+](=O)[O-])cccc1[N+](=O)[O-]. The Balaban J connectivity index is 2.72. The van der Waals surface area contributed by atoms with Crippen LogP contribution in [-0.4, -0.2) is 37.8 Å². The lowest BCUT2D eigenvalue weighted by molar-refractivity contribution is -0.392. The van der Waals surface area contributed by atoms with Gasteiger partial charge in [-0.1, -0.05) is 0 Å². The number of benzene rings is 1. The molecule has 11 nitrogen and oxygen atoms in total. The van der Waals surface area contributed by atoms with Gasteiger partial charge in [-0.3, -0.25) is 20.2 Å². The number of rotatable bonds is 5. The van der Waals surface area contributed by atoms with Crippen molar-refractivity contribution in [2.24, 2.45) is 0 Å². The van der Waals surface area contributed by atoms with Crippen molar-refractivity contribution in [3.8, 4) is 11.3 Å². The van der Waals surface area contributed by atoms with Crippen LogP contribution < -0.4 is 0 Å². The van der Waals surface area contributed by atoms with E-state index in [-0.39, 0.29) is 18.0 Å². The lowest BCUT2D eigenvalue weighted by Gasteiger charge is -2.03. The molecule has 0 unspecified atom stereocenters. The van der Waals surface area contributed by atoms with E-state index in [2.05, 4.69) is 15.4 Å². The molecule has 0 aliphatic carbocycles. The predicted octanol–water partition coefficient (Wildman–Crippen LogP) is 1.46. The molecule has 0 aliphatic heterocycles. The van der Waals surface area contributed by atoms with Crippen LogP contribution >= 0.6 is 0 Å². The Bertz CT molecular complexity index is 723. The number of aromatic nitrogens is 3. The highest BCUT2D eigenvalue weighted by atomic mass is 16.6. The van der Waals surface area contributed by atoms with Crippen molar-refractivity contribution in [1.29, 1.82) is 0 Å². The summed E-state index contributed by atoms with van der Waals surface area (Å²) in [6.45, 7) is 1.61. The average molecular weight is 307 g/mol. The first-order valence-electron chi connectivity index (χ1n) is 5.97. The quantitative estimate of drug-likeness (QED) is 0.494. The van der Waals surface area contributed by atoms with Gasteiger partial charge in [0.2, 0.25) is 0 Å². The lowest BCUT2D eigenvalue weighted by Crippen LogP contribution is -2.08. The van der Waals surface area contributed by atoms with Crippen LogP contribution in [0.2, 0.25) is 0 Å². The van der Waals surface area contributed by atoms with Crippen LogP contribution in [0.25, 0.3) is 11.3 Å². The number of aromatic amines is 1. The molecule has 0 amide bonds. The Kier molecular flexibility index (Phi) is 4.06. The predicted molar refractivity (Wildman–Crippen MR) is 71.1 cm³/mol. The summed E-state index contributed by atoms with van der Waals surface area (Å²) in [5.41, 5.74) is -2.20. The van der Waals surface area contributed by atoms with Crippen molar-refractivity contribution in [2.45, 2.75) is 6.92 Å². The van der Waals surface area contributed by atoms with E-state index in [1.165, 1.54) is 6.07 Å². The molecule has 0 atom stereocenters. The number of esters is 1. The molecule has 0 bridgehead atoms. The van der Waals surface area contributed by atoms with Crippen LogP contribution in [0, 0.1) is 20.2 Å². The molecule has 0 saturated heterocycles. The number of carbonyl (C=O) groups is 1. The lowest BCUT2D eigenvalue weighted by atomic mass is 10.1. The number of carbonyl (C=O) groups excluding carboxylic acids is 1. The maximum atomic E-state index is 11.8. The van der Waals surface area contributed by atoms with Crippen LogP contribution in [0.3, 0.4) is 0 Å². The summed E-state index contributed by atoms with van der Waals surface area (Å²) in [7, 11) is 0. The van der Waals surface area contributed by atoms with E-state index in [0.29, 0.717) is 0 Å². The largest absolute Gasteiger partial charge is 0.461 e. The molecule has 1 heterocycles. The zero-order chi connectivity index (χ0) is 16.3. The van der Waals surface area contributed by atoms with Gasteiger partial charge in [0, 0.05) is 12.1 Å². The molecular weight excluding hydrogens is 298 g/mol. The number of nitrogens with one attached hydrogen (secondary N) is 1. The molecule has 2 rings (SSSR count). The molecule has 11 heteroatoms. The third-order valence-corrected chi connectivity index (χ3v) is 2.67. The minimum absolute atomic E-state index is 0.0457. The van der Waals surface area contributed by atoms with Crippen molar-refractivity contribution >= 4 is 17.3 Å². The molecule has 22 heavy (non-hydrogen) atoms. The number of hydrogen-bond acceptors (Lipinski definition) is 8. The number of nitrogens with zero attached hydrogens (tertiary/aromatic N) is 4. The molecule has 0 aliphatic rings. The van der Waals surface area contributed by atoms with Crippen LogP contribution in [0.15, 0.2) is 18.2 Å². The van der Waals surface area contributed by atoms with Crippen LogP contribution in [0.4, 0.5) is 11.4 Å². The number of nitro benzene ring substituents is 2. The second kappa shape index (κ2) is 5.95. The van der Waals surface area contributed by atoms with Gasteiger partial charge in [-0.25, -0.2) is 4.79 Å². The molecule has 114 valence electrons. The minimum Gasteiger partial charge on any atom is -0.461 e. The topological polar surface area (TPSA) is 154 Å². The summed E-state index contributed by atoms with van der Waals surface area (Å²) in [5, 5.41) is 31.5. The van der Waals surface area contributed by atoms with E-state index in [4.69, 9.17) is 4.74 Å². The molecule has 1 N–H and O–H groups in total. The summed E-state index contributed by atoms with van der Waals surface area (Å²) in [6.07, 6.45) is 0. The summed E-state index contributed by atoms with van der Waals surface area (Å²) in [4.78, 5) is 32.4. The van der Waals surface area contributed by atoms with E-state index < -0.39 is 32.8 Å². The van der Waals surface area contributed by atoms with Crippen LogP contribution in [0.1, 0.15) is 17.4 Å². The fourth-order valence-corrected chi connectivity index (χ4v) is 1.82. The molecule has 0 spiro atoms. The first-order valence-corrected chi connectivity index (χ1v) is 5.97. The van der Waals surface area contributed by atoms with Gasteiger partial charge >= 0.3 is 5.97 Å². The maximum Gasteiger partial charge on any atom is 0.361 e. The van der Waals surface area contributed by atoms with E-state index in [0.717, 1.165) is 12.1 Å². The fourth-order valence-electron chi connectivity index (χ4n) is 1.82. The van der Waals surface area contributed by atoms with Crippen LogP contribution in [0.5, 0.6) is 0 Å². The zero-order valence-corrected chi connectivity index (χ0v) is 11.2. The Morgan fingerprint density at radius 1 is 1.23 bits per heavy atom. The number of nitro groups is 2. The van der Waals surface area contributed by atoms with Gasteiger partial charge in [0.15, 0.2) is 11.3 Å². The highest BCUT2D eigenvalue weighted by molar-refractivity contribution is 5.97. The summed E-state index contributed by atoms with van der Waals surface area (Å²) in [5.74, 6) is -0.890. The Hall–Kier alpha value is -3.37. The van der Waals surface area contributed by atoms with Crippen molar-refractivity contribution < 1.29 is 19.4 Å². The van der Waals surface area contributed by atoms with Gasteiger partial charge in [-0.05, 0) is 13.0 Å². The molecule has 2 aromatic rings. The number of ether oxygens (including phenoxy) is 1. The molecule has 0 saturated carbocycles. The van der Waals surface area contributed by atoms with Crippen molar-refractivity contribution in [3.05, 3.63) is 44.1 Å².